The number of ketones is 2. The van der Waals surface area contributed by atoms with Gasteiger partial charge in [-0.05, 0) is 45.7 Å². The van der Waals surface area contributed by atoms with Crippen molar-refractivity contribution >= 4 is 44.5 Å². The largest absolute Gasteiger partial charge is 0.504 e. The van der Waals surface area contributed by atoms with E-state index >= 15 is 0 Å². The van der Waals surface area contributed by atoms with Crippen LogP contribution in [0.5, 0.6) is 0 Å². The van der Waals surface area contributed by atoms with Crippen molar-refractivity contribution in [3.63, 3.8) is 0 Å². The quantitative estimate of drug-likeness (QED) is 0.195. The van der Waals surface area contributed by atoms with E-state index in [9.17, 15) is 19.8 Å². The van der Waals surface area contributed by atoms with E-state index < -0.39 is 28.6 Å². The molecule has 192 valence electrons. The third kappa shape index (κ3) is 3.80. The van der Waals surface area contributed by atoms with Gasteiger partial charge in [-0.15, -0.1) is 6.58 Å². The van der Waals surface area contributed by atoms with Gasteiger partial charge in [0.05, 0.1) is 16.7 Å². The molecule has 6 heteroatoms. The predicted octanol–water partition coefficient (Wildman–Crippen LogP) is 6.94. The van der Waals surface area contributed by atoms with Gasteiger partial charge in [-0.2, -0.15) is 0 Å². The lowest BCUT2D eigenvalue weighted by Gasteiger charge is -2.24. The van der Waals surface area contributed by atoms with Gasteiger partial charge in [-0.1, -0.05) is 54.1 Å². The number of carbonyl (C=O) groups is 2. The van der Waals surface area contributed by atoms with Gasteiger partial charge in [0.15, 0.2) is 11.5 Å². The topological polar surface area (TPSA) is 95.3 Å². The molecule has 2 aromatic heterocycles. The first-order chi connectivity index (χ1) is 18.1. The van der Waals surface area contributed by atoms with E-state index in [0.29, 0.717) is 28.3 Å². The number of fused-ring (bicyclic) bond motifs is 2. The van der Waals surface area contributed by atoms with Gasteiger partial charge in [0, 0.05) is 45.3 Å². The van der Waals surface area contributed by atoms with Crippen molar-refractivity contribution in [1.82, 2.24) is 9.55 Å². The Labute approximate surface area is 220 Å². The fraction of sp³-hybridized carbons (Fsp3) is 0.188. The lowest BCUT2D eigenvalue weighted by atomic mass is 9.86. The van der Waals surface area contributed by atoms with Crippen LogP contribution in [0.25, 0.3) is 33.0 Å². The number of H-pyrrole nitrogens is 1. The van der Waals surface area contributed by atoms with Gasteiger partial charge in [0.25, 0.3) is 0 Å². The summed E-state index contributed by atoms with van der Waals surface area (Å²) in [5.41, 5.74) is 3.63. The third-order valence-electron chi connectivity index (χ3n) is 7.26. The second-order valence-corrected chi connectivity index (χ2v) is 10.4. The molecule has 0 unspecified atom stereocenters. The molecule has 38 heavy (non-hydrogen) atoms. The Morgan fingerprint density at radius 1 is 0.947 bits per heavy atom. The van der Waals surface area contributed by atoms with E-state index in [4.69, 9.17) is 0 Å². The molecule has 1 aliphatic carbocycles. The summed E-state index contributed by atoms with van der Waals surface area (Å²) >= 11 is 0. The average Bonchev–Trinajstić information content (AvgIpc) is 3.50. The molecule has 0 saturated carbocycles. The van der Waals surface area contributed by atoms with Crippen LogP contribution in [0.1, 0.15) is 44.4 Å². The number of aliphatic hydroxyl groups is 2. The number of carbonyl (C=O) groups excluding carboxylic acids is 2. The summed E-state index contributed by atoms with van der Waals surface area (Å²) in [5, 5.41) is 23.7. The van der Waals surface area contributed by atoms with Crippen molar-refractivity contribution in [2.45, 2.75) is 39.7 Å². The number of aromatic nitrogens is 2. The van der Waals surface area contributed by atoms with Crippen LogP contribution in [0, 0.1) is 0 Å². The molecule has 5 rings (SSSR count). The number of hydrogen-bond donors (Lipinski definition) is 3. The second kappa shape index (κ2) is 9.06. The normalized spacial score (nSPS) is 14.6. The maximum Gasteiger partial charge on any atom is 0.232 e. The number of allylic oxidation sites excluding steroid dienone is 5. The summed E-state index contributed by atoms with van der Waals surface area (Å²) in [6, 6.07) is 13.1. The van der Waals surface area contributed by atoms with E-state index in [-0.39, 0.29) is 11.1 Å². The van der Waals surface area contributed by atoms with E-state index in [2.05, 4.69) is 17.6 Å². The number of aromatic amines is 1. The summed E-state index contributed by atoms with van der Waals surface area (Å²) < 4.78 is 1.94. The average molecular weight is 507 g/mol. The minimum atomic E-state index is -0.800. The highest BCUT2D eigenvalue weighted by atomic mass is 16.3. The zero-order valence-electron chi connectivity index (χ0n) is 21.9. The number of hydrogen-bond acceptors (Lipinski definition) is 4. The molecule has 2 aromatic carbocycles. The number of rotatable bonds is 6. The van der Waals surface area contributed by atoms with Crippen molar-refractivity contribution < 1.29 is 19.8 Å². The summed E-state index contributed by atoms with van der Waals surface area (Å²) in [5.74, 6) is -2.96. The summed E-state index contributed by atoms with van der Waals surface area (Å²) in [4.78, 5) is 30.4. The molecule has 6 nitrogen and oxygen atoms in total. The molecule has 0 radical (unpaired) electrons. The Morgan fingerprint density at radius 2 is 1.58 bits per heavy atom. The molecular weight excluding hydrogens is 476 g/mol. The molecular formula is C32H30N2O4. The molecule has 2 heterocycles. The van der Waals surface area contributed by atoms with Gasteiger partial charge < -0.3 is 19.8 Å². The van der Waals surface area contributed by atoms with Gasteiger partial charge in [-0.25, -0.2) is 0 Å². The number of benzene rings is 2. The van der Waals surface area contributed by atoms with Crippen LogP contribution in [0.3, 0.4) is 0 Å². The standard InChI is InChI=1S/C32H30N2O4/c1-6-32(4,5)34-17-23(20-11-7-8-13-24(20)34)26-30(37)28(35)25(29(36)31(26)38)22-16-33-27-19(15-14-18(2)3)10-9-12-21(22)27/h6-14,16-17,33,35,38H,1,15H2,2-5H3. The highest BCUT2D eigenvalue weighted by Gasteiger charge is 2.38. The summed E-state index contributed by atoms with van der Waals surface area (Å²) in [6.07, 6.45) is 7.90. The second-order valence-electron chi connectivity index (χ2n) is 10.4. The number of aliphatic hydroxyl groups excluding tert-OH is 2. The first kappa shape index (κ1) is 25.1. The molecule has 0 aliphatic heterocycles. The molecule has 0 bridgehead atoms. The molecule has 0 amide bonds. The maximum atomic E-state index is 13.6. The minimum Gasteiger partial charge on any atom is -0.504 e. The van der Waals surface area contributed by atoms with E-state index in [0.717, 1.165) is 16.6 Å². The molecule has 0 spiro atoms. The van der Waals surface area contributed by atoms with E-state index in [1.54, 1.807) is 18.5 Å². The first-order valence-corrected chi connectivity index (χ1v) is 12.5. The molecule has 4 aromatic rings. The van der Waals surface area contributed by atoms with Gasteiger partial charge in [0.1, 0.15) is 0 Å². The van der Waals surface area contributed by atoms with Crippen molar-refractivity contribution in [3.05, 3.63) is 107 Å². The number of Topliss-reactive ketones (excluding diaryl/α,β-unsaturated/α-hetero) is 2. The predicted molar refractivity (Wildman–Crippen MR) is 152 cm³/mol. The highest BCUT2D eigenvalue weighted by molar-refractivity contribution is 6.48. The molecule has 0 saturated heterocycles. The van der Waals surface area contributed by atoms with Gasteiger partial charge >= 0.3 is 0 Å². The fourth-order valence-electron chi connectivity index (χ4n) is 5.04. The Bertz CT molecular complexity index is 1750. The molecule has 3 N–H and O–H groups in total. The number of para-hydroxylation sites is 2. The van der Waals surface area contributed by atoms with Crippen LogP contribution in [0.4, 0.5) is 0 Å². The zero-order chi connectivity index (χ0) is 27.4. The van der Waals surface area contributed by atoms with Crippen molar-refractivity contribution in [1.29, 1.82) is 0 Å². The lowest BCUT2D eigenvalue weighted by Crippen LogP contribution is -2.23. The Balaban J connectivity index is 1.66. The van der Waals surface area contributed by atoms with Crippen molar-refractivity contribution in [3.8, 4) is 0 Å². The molecule has 0 atom stereocenters. The zero-order valence-corrected chi connectivity index (χ0v) is 21.9. The fourth-order valence-corrected chi connectivity index (χ4v) is 5.04. The van der Waals surface area contributed by atoms with Crippen molar-refractivity contribution in [2.75, 3.05) is 0 Å². The first-order valence-electron chi connectivity index (χ1n) is 12.5. The summed E-state index contributed by atoms with van der Waals surface area (Å²) in [7, 11) is 0. The monoisotopic (exact) mass is 506 g/mol. The summed E-state index contributed by atoms with van der Waals surface area (Å²) in [6.45, 7) is 11.9. The van der Waals surface area contributed by atoms with Crippen LogP contribution < -0.4 is 0 Å². The smallest absolute Gasteiger partial charge is 0.232 e. The van der Waals surface area contributed by atoms with Crippen LogP contribution in [0.15, 0.2) is 90.7 Å². The number of nitrogens with one attached hydrogen (secondary N) is 1. The van der Waals surface area contributed by atoms with Gasteiger partial charge in [-0.3, -0.25) is 9.59 Å². The van der Waals surface area contributed by atoms with Crippen LogP contribution >= 0.6 is 0 Å². The minimum absolute atomic E-state index is 0.211. The van der Waals surface area contributed by atoms with Crippen molar-refractivity contribution in [2.24, 2.45) is 0 Å². The highest BCUT2D eigenvalue weighted by Crippen LogP contribution is 2.40. The maximum absolute atomic E-state index is 13.6. The number of nitrogens with zero attached hydrogens (tertiary/aromatic N) is 1. The lowest BCUT2D eigenvalue weighted by molar-refractivity contribution is -0.116. The molecule has 0 fully saturated rings. The Kier molecular flexibility index (Phi) is 5.98. The van der Waals surface area contributed by atoms with E-state index in [1.165, 1.54) is 5.57 Å². The van der Waals surface area contributed by atoms with E-state index in [1.807, 2.05) is 74.7 Å². The van der Waals surface area contributed by atoms with Crippen LogP contribution in [-0.4, -0.2) is 31.3 Å². The van der Waals surface area contributed by atoms with Gasteiger partial charge in [0.2, 0.25) is 11.6 Å². The van der Waals surface area contributed by atoms with Crippen LogP contribution in [0.2, 0.25) is 0 Å². The third-order valence-corrected chi connectivity index (χ3v) is 7.26. The Hall–Kier alpha value is -4.58. The van der Waals surface area contributed by atoms with Crippen LogP contribution in [-0.2, 0) is 21.5 Å². The SMILES string of the molecule is C=CC(C)(C)n1cc(C2=C(O)C(=O)C(c3c[nH]c4c(CC=C(C)C)cccc34)=C(O)C2=O)c2ccccc21. The molecule has 1 aliphatic rings. The Morgan fingerprint density at radius 3 is 2.24 bits per heavy atom.